The third-order valence-electron chi connectivity index (χ3n) is 4.53. The first-order chi connectivity index (χ1) is 13.2. The van der Waals surface area contributed by atoms with Crippen molar-refractivity contribution in [3.63, 3.8) is 0 Å². The van der Waals surface area contributed by atoms with Gasteiger partial charge >= 0.3 is 0 Å². The lowest BCUT2D eigenvalue weighted by Gasteiger charge is -2.08. The van der Waals surface area contributed by atoms with Crippen molar-refractivity contribution in [1.29, 1.82) is 0 Å². The Morgan fingerprint density at radius 3 is 2.19 bits per heavy atom. The first-order valence-electron chi connectivity index (χ1n) is 8.99. The Morgan fingerprint density at radius 1 is 0.852 bits per heavy atom. The van der Waals surface area contributed by atoms with Gasteiger partial charge in [-0.3, -0.25) is 4.79 Å². The number of hydrogen-bond acceptors (Lipinski definition) is 2. The second-order valence-electron chi connectivity index (χ2n) is 6.52. The lowest BCUT2D eigenvalue weighted by atomic mass is 10.0. The highest BCUT2D eigenvalue weighted by atomic mass is 19.1. The van der Waals surface area contributed by atoms with E-state index in [2.05, 4.69) is 29.6 Å². The number of rotatable bonds is 8. The second kappa shape index (κ2) is 9.10. The van der Waals surface area contributed by atoms with Gasteiger partial charge in [0.2, 0.25) is 5.91 Å². The van der Waals surface area contributed by atoms with Crippen LogP contribution in [0, 0.1) is 0 Å². The summed E-state index contributed by atoms with van der Waals surface area (Å²) in [5.41, 5.74) is 11.0. The Bertz CT molecular complexity index is 889. The van der Waals surface area contributed by atoms with E-state index < -0.39 is 12.6 Å². The minimum Gasteiger partial charge on any atom is -0.366 e. The van der Waals surface area contributed by atoms with Crippen molar-refractivity contribution < 1.29 is 9.18 Å². The maximum Gasteiger partial charge on any atom is 0.248 e. The predicted molar refractivity (Wildman–Crippen MR) is 107 cm³/mol. The Labute approximate surface area is 159 Å². The molecule has 0 saturated heterocycles. The molecule has 3 nitrogen and oxygen atoms in total. The number of alkyl halides is 1. The van der Waals surface area contributed by atoms with E-state index in [1.54, 1.807) is 6.07 Å². The molecule has 0 radical (unpaired) electrons. The van der Waals surface area contributed by atoms with Gasteiger partial charge in [-0.1, -0.05) is 60.7 Å². The quantitative estimate of drug-likeness (QED) is 0.589. The van der Waals surface area contributed by atoms with Crippen LogP contribution in [0.25, 0.3) is 11.1 Å². The smallest absolute Gasteiger partial charge is 0.248 e. The number of halogens is 1. The molecule has 0 spiro atoms. The van der Waals surface area contributed by atoms with E-state index >= 15 is 0 Å². The van der Waals surface area contributed by atoms with Crippen molar-refractivity contribution in [1.82, 2.24) is 5.32 Å². The monoisotopic (exact) mass is 362 g/mol. The van der Waals surface area contributed by atoms with Crippen molar-refractivity contribution in [3.05, 3.63) is 95.1 Å². The van der Waals surface area contributed by atoms with Gasteiger partial charge < -0.3 is 11.1 Å². The number of nitrogens with one attached hydrogen (secondary N) is 1. The molecule has 3 rings (SSSR count). The summed E-state index contributed by atoms with van der Waals surface area (Å²) in [6, 6.07) is 23.2. The van der Waals surface area contributed by atoms with Crippen LogP contribution in [0.5, 0.6) is 0 Å². The molecule has 0 saturated carbocycles. The molecule has 27 heavy (non-hydrogen) atoms. The summed E-state index contributed by atoms with van der Waals surface area (Å²) in [6.07, 6.45) is 0.921. The van der Waals surface area contributed by atoms with Crippen molar-refractivity contribution in [2.45, 2.75) is 19.6 Å². The molecule has 3 N–H and O–H groups in total. The van der Waals surface area contributed by atoms with Crippen LogP contribution in [0.4, 0.5) is 4.39 Å². The fourth-order valence-electron chi connectivity index (χ4n) is 2.93. The molecule has 3 aromatic carbocycles. The number of carbonyl (C=O) groups excluding carboxylic acids is 1. The molecule has 4 heteroatoms. The van der Waals surface area contributed by atoms with Gasteiger partial charge in [0.05, 0.1) is 0 Å². The second-order valence-corrected chi connectivity index (χ2v) is 6.52. The minimum absolute atomic E-state index is 0.418. The molecule has 0 fully saturated rings. The third-order valence-corrected chi connectivity index (χ3v) is 4.53. The van der Waals surface area contributed by atoms with Gasteiger partial charge in [-0.05, 0) is 52.9 Å². The molecule has 0 aliphatic heterocycles. The van der Waals surface area contributed by atoms with Crippen LogP contribution in [0.3, 0.4) is 0 Å². The van der Waals surface area contributed by atoms with E-state index in [0.29, 0.717) is 11.1 Å². The normalized spacial score (nSPS) is 10.7. The molecule has 0 bridgehead atoms. The van der Waals surface area contributed by atoms with Crippen molar-refractivity contribution >= 4 is 5.91 Å². The number of carbonyl (C=O) groups is 1. The SMILES string of the molecule is NC(=O)c1cccc(-c2ccc(CCNCc3ccc(CF)cc3)cc2)c1. The highest BCUT2D eigenvalue weighted by molar-refractivity contribution is 5.94. The zero-order chi connectivity index (χ0) is 19.1. The largest absolute Gasteiger partial charge is 0.366 e. The fourth-order valence-corrected chi connectivity index (χ4v) is 2.93. The highest BCUT2D eigenvalue weighted by Crippen LogP contribution is 2.21. The molecule has 0 atom stereocenters. The van der Waals surface area contributed by atoms with E-state index in [1.165, 1.54) is 5.56 Å². The molecule has 0 unspecified atom stereocenters. The van der Waals surface area contributed by atoms with Gasteiger partial charge in [-0.2, -0.15) is 0 Å². The molecule has 3 aromatic rings. The average molecular weight is 362 g/mol. The standard InChI is InChI=1S/C23H23FN2O/c24-15-18-4-6-19(7-5-18)16-26-13-12-17-8-10-20(11-9-17)21-2-1-3-22(14-21)23(25)27/h1-11,14,26H,12-13,15-16H2,(H2,25,27). The topological polar surface area (TPSA) is 55.1 Å². The first-order valence-corrected chi connectivity index (χ1v) is 8.99. The van der Waals surface area contributed by atoms with Crippen LogP contribution in [0.15, 0.2) is 72.8 Å². The maximum atomic E-state index is 12.5. The Morgan fingerprint density at radius 2 is 1.52 bits per heavy atom. The molecule has 0 aromatic heterocycles. The Kier molecular flexibility index (Phi) is 6.34. The molecule has 0 aliphatic rings. The van der Waals surface area contributed by atoms with Gasteiger partial charge in [0.1, 0.15) is 6.67 Å². The molecular formula is C23H23FN2O. The van der Waals surface area contributed by atoms with Gasteiger partial charge in [-0.15, -0.1) is 0 Å². The van der Waals surface area contributed by atoms with Crippen molar-refractivity contribution in [2.75, 3.05) is 6.54 Å². The maximum absolute atomic E-state index is 12.5. The summed E-state index contributed by atoms with van der Waals surface area (Å²) < 4.78 is 12.5. The highest BCUT2D eigenvalue weighted by Gasteiger charge is 2.03. The van der Waals surface area contributed by atoms with Crippen molar-refractivity contribution in [2.24, 2.45) is 5.73 Å². The van der Waals surface area contributed by atoms with E-state index in [1.807, 2.05) is 42.5 Å². The third kappa shape index (κ3) is 5.25. The summed E-state index contributed by atoms with van der Waals surface area (Å²) in [7, 11) is 0. The summed E-state index contributed by atoms with van der Waals surface area (Å²) in [6.45, 7) is 1.21. The van der Waals surface area contributed by atoms with Gasteiger partial charge in [-0.25, -0.2) is 4.39 Å². The lowest BCUT2D eigenvalue weighted by molar-refractivity contribution is 0.100. The van der Waals surface area contributed by atoms with Gasteiger partial charge in [0.25, 0.3) is 0 Å². The molecular weight excluding hydrogens is 339 g/mol. The van der Waals surface area contributed by atoms with Crippen LogP contribution in [0.2, 0.25) is 0 Å². The van der Waals surface area contributed by atoms with Gasteiger partial charge in [0.15, 0.2) is 0 Å². The first kappa shape index (κ1) is 18.8. The van der Waals surface area contributed by atoms with E-state index in [9.17, 15) is 9.18 Å². The Balaban J connectivity index is 1.51. The van der Waals surface area contributed by atoms with E-state index in [0.717, 1.165) is 36.2 Å². The van der Waals surface area contributed by atoms with Gasteiger partial charge in [0, 0.05) is 12.1 Å². The molecule has 0 heterocycles. The summed E-state index contributed by atoms with van der Waals surface area (Å²) >= 11 is 0. The fraction of sp³-hybridized carbons (Fsp3) is 0.174. The van der Waals surface area contributed by atoms with Crippen molar-refractivity contribution in [3.8, 4) is 11.1 Å². The lowest BCUT2D eigenvalue weighted by Crippen LogP contribution is -2.16. The predicted octanol–water partition coefficient (Wildman–Crippen LogP) is 4.25. The number of benzene rings is 3. The van der Waals surface area contributed by atoms with Crippen LogP contribution in [-0.4, -0.2) is 12.5 Å². The molecule has 138 valence electrons. The Hall–Kier alpha value is -2.98. The molecule has 0 aliphatic carbocycles. The van der Waals surface area contributed by atoms with Crippen LogP contribution >= 0.6 is 0 Å². The summed E-state index contributed by atoms with van der Waals surface area (Å²) in [4.78, 5) is 11.3. The van der Waals surface area contributed by atoms with Crippen LogP contribution < -0.4 is 11.1 Å². The zero-order valence-electron chi connectivity index (χ0n) is 15.1. The number of primary amides is 1. The number of nitrogens with two attached hydrogens (primary N) is 1. The van der Waals surface area contributed by atoms with E-state index in [-0.39, 0.29) is 0 Å². The van der Waals surface area contributed by atoms with Crippen LogP contribution in [-0.2, 0) is 19.6 Å². The summed E-state index contributed by atoms with van der Waals surface area (Å²) in [5, 5.41) is 3.41. The molecule has 1 amide bonds. The van der Waals surface area contributed by atoms with E-state index in [4.69, 9.17) is 5.73 Å². The average Bonchev–Trinajstić information content (AvgIpc) is 2.72. The van der Waals surface area contributed by atoms with Crippen LogP contribution in [0.1, 0.15) is 27.0 Å². The zero-order valence-corrected chi connectivity index (χ0v) is 15.1. The summed E-state index contributed by atoms with van der Waals surface area (Å²) in [5.74, 6) is -0.418. The number of hydrogen-bond donors (Lipinski definition) is 2. The minimum atomic E-state index is -0.420. The number of amides is 1.